The number of aromatic amines is 2. The van der Waals surface area contributed by atoms with Gasteiger partial charge in [0.15, 0.2) is 0 Å². The van der Waals surface area contributed by atoms with Gasteiger partial charge in [0.25, 0.3) is 5.91 Å². The maximum atomic E-state index is 12.9. The second-order valence-electron chi connectivity index (χ2n) is 14.1. The number of nitrogens with one attached hydrogen (secondary N) is 3. The number of rotatable bonds is 6. The van der Waals surface area contributed by atoms with Crippen LogP contribution in [0.4, 0.5) is 0 Å². The standard InChI is InChI=1S/C22H19ClN4O.C12H11ClN2O2.C10H10N2.CH4.ClH/c1-13-3-6-17(9-19(13)20-21(23)26-14(2)25-20)22(28)27-11-18(12-27)16-7-4-15(10-24)5-8-16;1-6-3-4-8(12(16)17)5-9(6)10-11(13)15-7(2)14-10;11-5-8-1-3-9(4-2-8)10-6-12-7-10;;/h3-9,18H,11-12H2,1-2H3,(H,25,26);3-5H,1-2H3,(H,14,15)(H,16,17);1-4,10,12H,6-7H2;1H4;1H. The molecule has 304 valence electrons. The number of amides is 1. The third-order valence-electron chi connectivity index (χ3n) is 10.0. The summed E-state index contributed by atoms with van der Waals surface area (Å²) in [6, 6.07) is 30.2. The molecule has 4 N–H and O–H groups in total. The molecule has 8 rings (SSSR count). The third kappa shape index (κ3) is 10.8. The maximum absolute atomic E-state index is 12.9. The number of halogens is 3. The van der Waals surface area contributed by atoms with Crippen LogP contribution in [0, 0.1) is 50.4 Å². The summed E-state index contributed by atoms with van der Waals surface area (Å²) in [5.41, 5.74) is 9.56. The minimum Gasteiger partial charge on any atom is -0.478 e. The summed E-state index contributed by atoms with van der Waals surface area (Å²) >= 11 is 12.3. The lowest BCUT2D eigenvalue weighted by molar-refractivity contribution is 0.0601. The first-order valence-electron chi connectivity index (χ1n) is 18.2. The van der Waals surface area contributed by atoms with Crippen molar-refractivity contribution in [1.29, 1.82) is 10.5 Å². The van der Waals surface area contributed by atoms with Gasteiger partial charge in [-0.15, -0.1) is 12.4 Å². The molecule has 11 nitrogen and oxygen atoms in total. The highest BCUT2D eigenvalue weighted by molar-refractivity contribution is 6.32. The molecule has 2 aliphatic rings. The normalized spacial score (nSPS) is 13.0. The van der Waals surface area contributed by atoms with Gasteiger partial charge in [0.2, 0.25) is 0 Å². The van der Waals surface area contributed by atoms with Crippen LogP contribution in [0.25, 0.3) is 22.5 Å². The van der Waals surface area contributed by atoms with Gasteiger partial charge in [0, 0.05) is 54.7 Å². The fourth-order valence-electron chi connectivity index (χ4n) is 6.52. The highest BCUT2D eigenvalue weighted by Gasteiger charge is 2.32. The number of carboxylic acid groups (broad SMARTS) is 1. The number of nitriles is 2. The molecule has 14 heteroatoms. The fourth-order valence-corrected chi connectivity index (χ4v) is 7.09. The molecule has 2 fully saturated rings. The highest BCUT2D eigenvalue weighted by atomic mass is 35.5. The summed E-state index contributed by atoms with van der Waals surface area (Å²) < 4.78 is 0. The van der Waals surface area contributed by atoms with Crippen molar-refractivity contribution in [1.82, 2.24) is 30.2 Å². The van der Waals surface area contributed by atoms with Gasteiger partial charge in [0.05, 0.1) is 28.8 Å². The van der Waals surface area contributed by atoms with Crippen molar-refractivity contribution in [3.05, 3.63) is 151 Å². The second kappa shape index (κ2) is 20.1. The van der Waals surface area contributed by atoms with Gasteiger partial charge in [-0.2, -0.15) is 10.5 Å². The first-order chi connectivity index (χ1) is 27.3. The number of aryl methyl sites for hydroxylation is 4. The first-order valence-corrected chi connectivity index (χ1v) is 19.0. The third-order valence-corrected chi connectivity index (χ3v) is 10.6. The summed E-state index contributed by atoms with van der Waals surface area (Å²) in [6.45, 7) is 11.0. The van der Waals surface area contributed by atoms with Gasteiger partial charge >= 0.3 is 5.97 Å². The average Bonchev–Trinajstić information content (AvgIpc) is 3.69. The van der Waals surface area contributed by atoms with E-state index in [4.69, 9.17) is 38.8 Å². The van der Waals surface area contributed by atoms with Crippen LogP contribution in [0.15, 0.2) is 84.9 Å². The number of carbonyl (C=O) groups excluding carboxylic acids is 1. The SMILES string of the molecule is C.Cc1nc(-c2cc(C(=O)N3CC(c4ccc(C#N)cc4)C3)ccc2C)c(Cl)[nH]1.Cc1nc(-c2cc(C(=O)O)ccc2C)c(Cl)[nH]1.Cl.N#Cc1ccc(C2CNC2)cc1. The summed E-state index contributed by atoms with van der Waals surface area (Å²) in [5.74, 6) is 1.46. The second-order valence-corrected chi connectivity index (χ2v) is 14.8. The average molecular weight is 852 g/mol. The highest BCUT2D eigenvalue weighted by Crippen LogP contribution is 2.33. The van der Waals surface area contributed by atoms with Crippen molar-refractivity contribution in [2.45, 2.75) is 47.0 Å². The number of imidazole rings is 2. The van der Waals surface area contributed by atoms with E-state index in [1.165, 1.54) is 5.56 Å². The van der Waals surface area contributed by atoms with Crippen LogP contribution in [0.5, 0.6) is 0 Å². The van der Waals surface area contributed by atoms with Crippen LogP contribution < -0.4 is 5.32 Å². The minimum absolute atomic E-state index is 0. The number of carbonyl (C=O) groups is 2. The van der Waals surface area contributed by atoms with Crippen molar-refractivity contribution in [2.75, 3.05) is 26.2 Å². The predicted octanol–water partition coefficient (Wildman–Crippen LogP) is 9.81. The molecule has 1 amide bonds. The van der Waals surface area contributed by atoms with Gasteiger partial charge in [-0.05, 0) is 98.5 Å². The van der Waals surface area contributed by atoms with Crippen molar-refractivity contribution in [3.8, 4) is 34.7 Å². The molecule has 0 spiro atoms. The van der Waals surface area contributed by atoms with Crippen LogP contribution in [0.2, 0.25) is 10.3 Å². The number of benzene rings is 4. The number of likely N-dealkylation sites (tertiary alicyclic amines) is 1. The van der Waals surface area contributed by atoms with E-state index in [9.17, 15) is 9.59 Å². The van der Waals surface area contributed by atoms with E-state index in [0.29, 0.717) is 63.6 Å². The molecule has 0 saturated carbocycles. The number of carboxylic acids is 1. The Hall–Kier alpha value is -5.95. The largest absolute Gasteiger partial charge is 0.478 e. The molecule has 0 unspecified atom stereocenters. The Morgan fingerprint density at radius 1 is 0.695 bits per heavy atom. The fraction of sp³-hybridized carbons (Fsp3) is 0.244. The Morgan fingerprint density at radius 2 is 1.12 bits per heavy atom. The topological polar surface area (TPSA) is 175 Å². The Bertz CT molecular complexity index is 2510. The van der Waals surface area contributed by atoms with Gasteiger partial charge < -0.3 is 25.3 Å². The molecule has 4 aromatic carbocycles. The summed E-state index contributed by atoms with van der Waals surface area (Å²) in [6.07, 6.45) is 0. The molecule has 0 radical (unpaired) electrons. The molecule has 2 aromatic heterocycles. The Labute approximate surface area is 360 Å². The van der Waals surface area contributed by atoms with Crippen LogP contribution >= 0.6 is 35.6 Å². The van der Waals surface area contributed by atoms with Crippen molar-refractivity contribution >= 4 is 47.5 Å². The van der Waals surface area contributed by atoms with Crippen LogP contribution in [-0.2, 0) is 0 Å². The lowest BCUT2D eigenvalue weighted by atomic mass is 9.90. The van der Waals surface area contributed by atoms with E-state index >= 15 is 0 Å². The van der Waals surface area contributed by atoms with Gasteiger partial charge in [-0.25, -0.2) is 14.8 Å². The molecule has 2 aliphatic heterocycles. The summed E-state index contributed by atoms with van der Waals surface area (Å²) in [5, 5.41) is 30.6. The molecule has 2 saturated heterocycles. The number of H-pyrrole nitrogens is 2. The molecule has 0 bridgehead atoms. The van der Waals surface area contributed by atoms with Crippen molar-refractivity contribution in [3.63, 3.8) is 0 Å². The smallest absolute Gasteiger partial charge is 0.335 e. The van der Waals surface area contributed by atoms with E-state index in [-0.39, 0.29) is 31.3 Å². The quantitative estimate of drug-likeness (QED) is 0.128. The zero-order chi connectivity index (χ0) is 40.8. The van der Waals surface area contributed by atoms with Crippen molar-refractivity contribution < 1.29 is 14.7 Å². The number of nitrogens with zero attached hydrogens (tertiary/aromatic N) is 5. The molecular formula is C45H45Cl3N8O3. The lowest BCUT2D eigenvalue weighted by Crippen LogP contribution is -2.48. The predicted molar refractivity (Wildman–Crippen MR) is 235 cm³/mol. The van der Waals surface area contributed by atoms with Crippen LogP contribution in [-0.4, -0.2) is 68.0 Å². The summed E-state index contributed by atoms with van der Waals surface area (Å²) in [7, 11) is 0. The van der Waals surface area contributed by atoms with Gasteiger partial charge in [-0.3, -0.25) is 4.79 Å². The van der Waals surface area contributed by atoms with E-state index in [1.807, 2.05) is 92.4 Å². The zero-order valence-corrected chi connectivity index (χ0v) is 34.6. The van der Waals surface area contributed by atoms with E-state index in [1.54, 1.807) is 25.1 Å². The molecule has 4 heterocycles. The maximum Gasteiger partial charge on any atom is 0.335 e. The monoisotopic (exact) mass is 850 g/mol. The number of hydrogen-bond acceptors (Lipinski definition) is 7. The van der Waals surface area contributed by atoms with Gasteiger partial charge in [0.1, 0.15) is 33.3 Å². The number of aromatic nitrogens is 4. The molecular weight excluding hydrogens is 807 g/mol. The van der Waals surface area contributed by atoms with E-state index in [2.05, 4.69) is 37.4 Å². The van der Waals surface area contributed by atoms with E-state index in [0.717, 1.165) is 52.3 Å². The molecule has 0 aliphatic carbocycles. The van der Waals surface area contributed by atoms with Gasteiger partial charge in [-0.1, -0.05) is 67.0 Å². The van der Waals surface area contributed by atoms with Crippen LogP contribution in [0.1, 0.15) is 85.0 Å². The molecule has 0 atom stereocenters. The minimum atomic E-state index is -0.963. The number of aromatic carboxylic acids is 1. The summed E-state index contributed by atoms with van der Waals surface area (Å²) in [4.78, 5) is 40.3. The Morgan fingerprint density at radius 3 is 1.49 bits per heavy atom. The first kappa shape index (κ1) is 45.7. The number of hydrogen-bond donors (Lipinski definition) is 4. The zero-order valence-electron chi connectivity index (χ0n) is 32.2. The van der Waals surface area contributed by atoms with Crippen molar-refractivity contribution in [2.24, 2.45) is 0 Å². The molecule has 6 aromatic rings. The van der Waals surface area contributed by atoms with Crippen LogP contribution in [0.3, 0.4) is 0 Å². The molecule has 59 heavy (non-hydrogen) atoms. The van der Waals surface area contributed by atoms with E-state index < -0.39 is 5.97 Å². The Kier molecular flexibility index (Phi) is 15.6. The Balaban J connectivity index is 0.000000211. The lowest BCUT2D eigenvalue weighted by Gasteiger charge is -2.39.